The van der Waals surface area contributed by atoms with Crippen LogP contribution in [0.25, 0.3) is 0 Å². The molecule has 0 saturated carbocycles. The maximum absolute atomic E-state index is 10.3. The molecular weight excluding hydrogens is 190 g/mol. The summed E-state index contributed by atoms with van der Waals surface area (Å²) >= 11 is 0. The Morgan fingerprint density at radius 2 is 2.23 bits per heavy atom. The van der Waals surface area contributed by atoms with Gasteiger partial charge in [-0.2, -0.15) is 0 Å². The van der Waals surface area contributed by atoms with Gasteiger partial charge in [0, 0.05) is 6.07 Å². The molecule has 1 aromatic rings. The molecule has 13 heavy (non-hydrogen) atoms. The van der Waals surface area contributed by atoms with Gasteiger partial charge in [-0.25, -0.2) is 9.35 Å². The first-order chi connectivity index (χ1) is 6.09. The number of pyridine rings is 1. The monoisotopic (exact) mass is 199 g/mol. The second kappa shape index (κ2) is 4.08. The third-order valence-corrected chi connectivity index (χ3v) is 1.77. The summed E-state index contributed by atoms with van der Waals surface area (Å²) in [5, 5.41) is 10.3. The van der Waals surface area contributed by atoms with E-state index in [0.717, 1.165) is 0 Å². The van der Waals surface area contributed by atoms with Gasteiger partial charge in [-0.15, -0.1) is 0 Å². The maximum atomic E-state index is 10.3. The molecule has 0 unspecified atom stereocenters. The van der Waals surface area contributed by atoms with Crippen LogP contribution in [0, 0.1) is 10.1 Å². The van der Waals surface area contributed by atoms with E-state index in [1.165, 1.54) is 12.3 Å². The van der Waals surface area contributed by atoms with Gasteiger partial charge < -0.3 is 0 Å². The van der Waals surface area contributed by atoms with Crippen LogP contribution in [-0.4, -0.2) is 22.4 Å². The normalized spacial score (nSPS) is 10.1. The summed E-state index contributed by atoms with van der Waals surface area (Å²) in [7, 11) is -0.0912. The highest BCUT2D eigenvalue weighted by molar-refractivity contribution is 7.85. The van der Waals surface area contributed by atoms with Gasteiger partial charge in [0.2, 0.25) is 0 Å². The summed E-state index contributed by atoms with van der Waals surface area (Å²) in [5.74, 6) is 0.541. The highest BCUT2D eigenvalue weighted by atomic mass is 32.2. The minimum Gasteiger partial charge on any atom is -0.258 e. The highest BCUT2D eigenvalue weighted by Crippen LogP contribution is 2.14. The molecule has 0 aliphatic rings. The van der Waals surface area contributed by atoms with E-state index in [-0.39, 0.29) is 16.4 Å². The van der Waals surface area contributed by atoms with E-state index in [4.69, 9.17) is 0 Å². The van der Waals surface area contributed by atoms with Crippen molar-refractivity contribution < 1.29 is 4.92 Å². The lowest BCUT2D eigenvalue weighted by Crippen LogP contribution is -1.88. The number of nitro groups is 1. The fourth-order valence-corrected chi connectivity index (χ4v) is 1.21. The summed E-state index contributed by atoms with van der Waals surface area (Å²) < 4.78 is 4.15. The minimum absolute atomic E-state index is 0.00830. The van der Waals surface area contributed by atoms with Crippen molar-refractivity contribution in [2.24, 2.45) is 4.36 Å². The molecule has 0 fully saturated rings. The maximum Gasteiger partial charge on any atom is 0.287 e. The number of nitrogens with zero attached hydrogens (tertiary/aromatic N) is 3. The fourth-order valence-electron chi connectivity index (χ4n) is 0.727. The molecule has 6 heteroatoms. The molecule has 1 aromatic heterocycles. The number of hydrogen-bond acceptors (Lipinski definition) is 4. The van der Waals surface area contributed by atoms with E-state index in [1.54, 1.807) is 6.07 Å². The van der Waals surface area contributed by atoms with Crippen LogP contribution in [0.15, 0.2) is 22.7 Å². The van der Waals surface area contributed by atoms with E-state index < -0.39 is 4.92 Å². The van der Waals surface area contributed by atoms with Crippen LogP contribution in [0.3, 0.4) is 0 Å². The molecule has 1 rings (SSSR count). The lowest BCUT2D eigenvalue weighted by Gasteiger charge is -1.93. The van der Waals surface area contributed by atoms with Crippen LogP contribution < -0.4 is 0 Å². The van der Waals surface area contributed by atoms with Crippen molar-refractivity contribution in [3.05, 3.63) is 28.4 Å². The van der Waals surface area contributed by atoms with Crippen LogP contribution in [0.2, 0.25) is 0 Å². The van der Waals surface area contributed by atoms with E-state index in [9.17, 15) is 10.1 Å². The smallest absolute Gasteiger partial charge is 0.258 e. The van der Waals surface area contributed by atoms with Crippen LogP contribution in [0.4, 0.5) is 11.5 Å². The number of hydrogen-bond donors (Lipinski definition) is 0. The third-order valence-electron chi connectivity index (χ3n) is 1.22. The van der Waals surface area contributed by atoms with Crippen LogP contribution in [-0.2, 0) is 10.7 Å². The molecule has 0 atom stereocenters. The van der Waals surface area contributed by atoms with Gasteiger partial charge in [0.1, 0.15) is 6.20 Å². The Morgan fingerprint density at radius 1 is 1.54 bits per heavy atom. The average Bonchev–Trinajstić information content (AvgIpc) is 2.04. The zero-order valence-corrected chi connectivity index (χ0v) is 8.11. The topological polar surface area (TPSA) is 68.4 Å². The molecule has 1 heterocycles. The predicted octanol–water partition coefficient (Wildman–Crippen LogP) is 1.68. The van der Waals surface area contributed by atoms with Gasteiger partial charge in [0.25, 0.3) is 5.69 Å². The van der Waals surface area contributed by atoms with Gasteiger partial charge in [0.15, 0.2) is 5.82 Å². The van der Waals surface area contributed by atoms with Crippen molar-refractivity contribution in [2.75, 3.05) is 12.5 Å². The minimum atomic E-state index is -0.478. The Morgan fingerprint density at radius 3 is 2.62 bits per heavy atom. The molecule has 0 aliphatic carbocycles. The summed E-state index contributed by atoms with van der Waals surface area (Å²) in [6.45, 7) is 0. The Kier molecular flexibility index (Phi) is 3.07. The largest absolute Gasteiger partial charge is 0.287 e. The molecule has 70 valence electrons. The first-order valence-electron chi connectivity index (χ1n) is 3.49. The quantitative estimate of drug-likeness (QED) is 0.537. The van der Waals surface area contributed by atoms with Crippen molar-refractivity contribution in [2.45, 2.75) is 0 Å². The van der Waals surface area contributed by atoms with Crippen molar-refractivity contribution in [3.8, 4) is 0 Å². The van der Waals surface area contributed by atoms with Gasteiger partial charge >= 0.3 is 0 Å². The van der Waals surface area contributed by atoms with Crippen LogP contribution in [0.5, 0.6) is 0 Å². The van der Waals surface area contributed by atoms with Crippen molar-refractivity contribution in [1.82, 2.24) is 4.98 Å². The predicted molar refractivity (Wildman–Crippen MR) is 52.2 cm³/mol. The van der Waals surface area contributed by atoms with E-state index in [1.807, 2.05) is 12.5 Å². The highest BCUT2D eigenvalue weighted by Gasteiger charge is 2.03. The van der Waals surface area contributed by atoms with Crippen molar-refractivity contribution in [3.63, 3.8) is 0 Å². The Bertz CT molecular complexity index is 343. The summed E-state index contributed by atoms with van der Waals surface area (Å²) in [6.07, 6.45) is 5.11. The first-order valence-corrected chi connectivity index (χ1v) is 5.49. The molecule has 0 N–H and O–H groups in total. The van der Waals surface area contributed by atoms with Gasteiger partial charge in [-0.3, -0.25) is 10.1 Å². The second-order valence-corrected chi connectivity index (χ2v) is 4.23. The van der Waals surface area contributed by atoms with Crippen LogP contribution >= 0.6 is 0 Å². The zero-order chi connectivity index (χ0) is 9.84. The summed E-state index contributed by atoms with van der Waals surface area (Å²) in [4.78, 5) is 13.6. The molecule has 0 aromatic carbocycles. The molecular formula is C7H9N3O2S. The van der Waals surface area contributed by atoms with E-state index in [0.29, 0.717) is 5.82 Å². The fraction of sp³-hybridized carbons (Fsp3) is 0.286. The Balaban J connectivity index is 2.94. The molecule has 0 amide bonds. The molecule has 0 saturated heterocycles. The Labute approximate surface area is 78.1 Å². The number of rotatable bonds is 2. The van der Waals surface area contributed by atoms with Gasteiger partial charge in [-0.1, -0.05) is 10.7 Å². The van der Waals surface area contributed by atoms with Gasteiger partial charge in [0.05, 0.1) is 4.92 Å². The first kappa shape index (κ1) is 9.79. The lowest BCUT2D eigenvalue weighted by atomic mass is 10.4. The average molecular weight is 199 g/mol. The molecule has 0 radical (unpaired) electrons. The standard InChI is InChI=1S/C7H9N3O2S/c1-13(2)9-7-4-3-6(5-8-7)10(11)12/h3-5H,1-2H3. The van der Waals surface area contributed by atoms with E-state index in [2.05, 4.69) is 9.35 Å². The van der Waals surface area contributed by atoms with Crippen LogP contribution in [0.1, 0.15) is 0 Å². The second-order valence-electron chi connectivity index (χ2n) is 2.50. The molecule has 0 spiro atoms. The SMILES string of the molecule is CS(C)=Nc1ccc([N+](=O)[O-])cn1. The number of aromatic nitrogens is 1. The molecule has 0 aliphatic heterocycles. The lowest BCUT2D eigenvalue weighted by molar-refractivity contribution is -0.385. The molecule has 0 bridgehead atoms. The van der Waals surface area contributed by atoms with Gasteiger partial charge in [-0.05, 0) is 18.6 Å². The van der Waals surface area contributed by atoms with E-state index >= 15 is 0 Å². The van der Waals surface area contributed by atoms with Crippen molar-refractivity contribution in [1.29, 1.82) is 0 Å². The molecule has 5 nitrogen and oxygen atoms in total. The Hall–Kier alpha value is -1.30. The zero-order valence-electron chi connectivity index (χ0n) is 7.30. The summed E-state index contributed by atoms with van der Waals surface area (Å²) in [5.41, 5.74) is -0.00830. The summed E-state index contributed by atoms with van der Waals surface area (Å²) in [6, 6.07) is 2.95. The third kappa shape index (κ3) is 2.90. The van der Waals surface area contributed by atoms with Crippen molar-refractivity contribution >= 4 is 22.2 Å².